The number of benzene rings is 1. The Morgan fingerprint density at radius 1 is 1.57 bits per heavy atom. The second-order valence-electron chi connectivity index (χ2n) is 3.49. The lowest BCUT2D eigenvalue weighted by Crippen LogP contribution is -2.23. The van der Waals surface area contributed by atoms with Crippen molar-refractivity contribution in [3.63, 3.8) is 0 Å². The SMILES string of the molecule is CC1CNCc2cc(Br)ccc2S1=O. The molecule has 1 aromatic carbocycles. The van der Waals surface area contributed by atoms with Crippen molar-refractivity contribution < 1.29 is 4.21 Å². The second-order valence-corrected chi connectivity index (χ2v) is 6.25. The van der Waals surface area contributed by atoms with Crippen molar-refractivity contribution in [1.29, 1.82) is 0 Å². The molecule has 4 heteroatoms. The Morgan fingerprint density at radius 3 is 3.14 bits per heavy atom. The molecule has 0 fully saturated rings. The first-order valence-electron chi connectivity index (χ1n) is 4.58. The van der Waals surface area contributed by atoms with Gasteiger partial charge in [0.25, 0.3) is 0 Å². The van der Waals surface area contributed by atoms with Crippen LogP contribution >= 0.6 is 15.9 Å². The molecule has 2 rings (SSSR count). The molecule has 0 amide bonds. The Labute approximate surface area is 94.7 Å². The number of fused-ring (bicyclic) bond motifs is 1. The van der Waals surface area contributed by atoms with Gasteiger partial charge in [-0.25, -0.2) is 0 Å². The molecule has 2 unspecified atom stereocenters. The zero-order chi connectivity index (χ0) is 10.1. The molecule has 1 N–H and O–H groups in total. The van der Waals surface area contributed by atoms with Crippen LogP contribution in [0.15, 0.2) is 27.6 Å². The molecule has 0 spiro atoms. The maximum Gasteiger partial charge on any atom is 0.0574 e. The maximum atomic E-state index is 12.0. The minimum Gasteiger partial charge on any atom is -0.311 e. The van der Waals surface area contributed by atoms with Crippen molar-refractivity contribution >= 4 is 26.7 Å². The van der Waals surface area contributed by atoms with Gasteiger partial charge in [-0.05, 0) is 30.7 Å². The summed E-state index contributed by atoms with van der Waals surface area (Å²) in [6.45, 7) is 3.64. The molecule has 0 radical (unpaired) electrons. The number of hydrogen-bond acceptors (Lipinski definition) is 2. The monoisotopic (exact) mass is 273 g/mol. The Morgan fingerprint density at radius 2 is 2.36 bits per heavy atom. The highest BCUT2D eigenvalue weighted by molar-refractivity contribution is 9.10. The molecule has 1 aliphatic heterocycles. The summed E-state index contributed by atoms with van der Waals surface area (Å²) in [6.07, 6.45) is 0. The quantitative estimate of drug-likeness (QED) is 0.784. The fourth-order valence-electron chi connectivity index (χ4n) is 1.58. The van der Waals surface area contributed by atoms with Crippen LogP contribution in [0.1, 0.15) is 12.5 Å². The van der Waals surface area contributed by atoms with E-state index in [2.05, 4.69) is 21.2 Å². The van der Waals surface area contributed by atoms with Crippen molar-refractivity contribution in [2.45, 2.75) is 23.6 Å². The predicted octanol–water partition coefficient (Wildman–Crippen LogP) is 2.05. The lowest BCUT2D eigenvalue weighted by atomic mass is 10.2. The highest BCUT2D eigenvalue weighted by Crippen LogP contribution is 2.23. The number of nitrogens with one attached hydrogen (secondary N) is 1. The smallest absolute Gasteiger partial charge is 0.0574 e. The first kappa shape index (κ1) is 10.3. The molecule has 1 heterocycles. The van der Waals surface area contributed by atoms with Crippen molar-refractivity contribution in [2.75, 3.05) is 6.54 Å². The highest BCUT2D eigenvalue weighted by Gasteiger charge is 2.19. The third kappa shape index (κ3) is 1.92. The van der Waals surface area contributed by atoms with Gasteiger partial charge in [-0.1, -0.05) is 15.9 Å². The average molecular weight is 274 g/mol. The van der Waals surface area contributed by atoms with Gasteiger partial charge in [0.1, 0.15) is 0 Å². The lowest BCUT2D eigenvalue weighted by Gasteiger charge is -2.07. The van der Waals surface area contributed by atoms with E-state index < -0.39 is 10.8 Å². The third-order valence-electron chi connectivity index (χ3n) is 2.35. The van der Waals surface area contributed by atoms with Crippen LogP contribution in [0.3, 0.4) is 0 Å². The fraction of sp³-hybridized carbons (Fsp3) is 0.400. The Kier molecular flexibility index (Phi) is 3.04. The van der Waals surface area contributed by atoms with E-state index in [1.165, 1.54) is 0 Å². The summed E-state index contributed by atoms with van der Waals surface area (Å²) >= 11 is 3.42. The second kappa shape index (κ2) is 4.13. The van der Waals surface area contributed by atoms with Gasteiger partial charge in [-0.3, -0.25) is 4.21 Å². The molecule has 0 saturated heterocycles. The molecule has 2 atom stereocenters. The summed E-state index contributed by atoms with van der Waals surface area (Å²) in [4.78, 5) is 0.978. The molecule has 1 aliphatic rings. The van der Waals surface area contributed by atoms with E-state index in [9.17, 15) is 4.21 Å². The third-order valence-corrected chi connectivity index (χ3v) is 4.57. The first-order valence-corrected chi connectivity index (χ1v) is 6.59. The van der Waals surface area contributed by atoms with Gasteiger partial charge < -0.3 is 5.32 Å². The summed E-state index contributed by atoms with van der Waals surface area (Å²) in [5, 5.41) is 3.49. The van der Waals surface area contributed by atoms with Crippen molar-refractivity contribution in [1.82, 2.24) is 5.32 Å². The average Bonchev–Trinajstić information content (AvgIpc) is 2.28. The van der Waals surface area contributed by atoms with Crippen molar-refractivity contribution in [3.8, 4) is 0 Å². The van der Waals surface area contributed by atoms with Crippen LogP contribution in [-0.2, 0) is 17.3 Å². The van der Waals surface area contributed by atoms with Crippen LogP contribution in [0.4, 0.5) is 0 Å². The Balaban J connectivity index is 2.48. The van der Waals surface area contributed by atoms with Gasteiger partial charge in [0.15, 0.2) is 0 Å². The first-order chi connectivity index (χ1) is 6.68. The van der Waals surface area contributed by atoms with Crippen LogP contribution < -0.4 is 5.32 Å². The van der Waals surface area contributed by atoms with Crippen LogP contribution in [0.5, 0.6) is 0 Å². The Bertz CT molecular complexity index is 380. The summed E-state index contributed by atoms with van der Waals surface area (Å²) < 4.78 is 13.0. The fourth-order valence-corrected chi connectivity index (χ4v) is 3.29. The van der Waals surface area contributed by atoms with Gasteiger partial charge in [0.2, 0.25) is 0 Å². The van der Waals surface area contributed by atoms with Crippen LogP contribution in [0.25, 0.3) is 0 Å². The van der Waals surface area contributed by atoms with Gasteiger partial charge in [-0.15, -0.1) is 0 Å². The predicted molar refractivity (Wildman–Crippen MR) is 61.7 cm³/mol. The van der Waals surface area contributed by atoms with E-state index >= 15 is 0 Å². The van der Waals surface area contributed by atoms with Crippen LogP contribution in [0, 0.1) is 0 Å². The summed E-state index contributed by atoms with van der Waals surface area (Å²) in [6, 6.07) is 5.95. The molecule has 0 aromatic heterocycles. The van der Waals surface area contributed by atoms with Crippen LogP contribution in [-0.4, -0.2) is 16.0 Å². The largest absolute Gasteiger partial charge is 0.311 e. The topological polar surface area (TPSA) is 29.1 Å². The van der Waals surface area contributed by atoms with Crippen LogP contribution in [0.2, 0.25) is 0 Å². The summed E-state index contributed by atoms with van der Waals surface area (Å²) in [5.41, 5.74) is 1.14. The minimum absolute atomic E-state index is 0.192. The molecule has 76 valence electrons. The van der Waals surface area contributed by atoms with E-state index in [1.54, 1.807) is 0 Å². The van der Waals surface area contributed by atoms with E-state index in [1.807, 2.05) is 25.1 Å². The molecular formula is C10H12BrNOS. The molecule has 0 saturated carbocycles. The van der Waals surface area contributed by atoms with E-state index in [0.29, 0.717) is 0 Å². The summed E-state index contributed by atoms with van der Waals surface area (Å²) in [5.74, 6) is 0. The van der Waals surface area contributed by atoms with Crippen molar-refractivity contribution in [3.05, 3.63) is 28.2 Å². The van der Waals surface area contributed by atoms with E-state index in [0.717, 1.165) is 28.0 Å². The maximum absolute atomic E-state index is 12.0. The standard InChI is InChI=1S/C10H12BrNOS/c1-7-5-12-6-8-4-9(11)2-3-10(8)14(7)13/h2-4,7,12H,5-6H2,1H3. The number of rotatable bonds is 0. The molecule has 2 nitrogen and oxygen atoms in total. The van der Waals surface area contributed by atoms with Gasteiger partial charge >= 0.3 is 0 Å². The number of halogens is 1. The number of hydrogen-bond donors (Lipinski definition) is 1. The zero-order valence-corrected chi connectivity index (χ0v) is 10.3. The molecule has 0 bridgehead atoms. The molecule has 14 heavy (non-hydrogen) atoms. The van der Waals surface area contributed by atoms with Gasteiger partial charge in [0.05, 0.1) is 10.8 Å². The Hall–Kier alpha value is -0.190. The highest BCUT2D eigenvalue weighted by atomic mass is 79.9. The molecular weight excluding hydrogens is 262 g/mol. The van der Waals surface area contributed by atoms with Gasteiger partial charge in [0, 0.05) is 27.7 Å². The minimum atomic E-state index is -0.869. The zero-order valence-electron chi connectivity index (χ0n) is 7.92. The molecule has 1 aromatic rings. The summed E-state index contributed by atoms with van der Waals surface area (Å²) in [7, 11) is -0.869. The lowest BCUT2D eigenvalue weighted by molar-refractivity contribution is 0.657. The van der Waals surface area contributed by atoms with E-state index in [4.69, 9.17) is 0 Å². The van der Waals surface area contributed by atoms with E-state index in [-0.39, 0.29) is 5.25 Å². The molecule has 0 aliphatic carbocycles. The van der Waals surface area contributed by atoms with Gasteiger partial charge in [-0.2, -0.15) is 0 Å². The normalized spacial score (nSPS) is 26.7. The van der Waals surface area contributed by atoms with Crippen molar-refractivity contribution in [2.24, 2.45) is 0 Å².